The van der Waals surface area contributed by atoms with Crippen LogP contribution < -0.4 is 10.6 Å². The number of hydrogen-bond donors (Lipinski definition) is 4. The SMILES string of the molecule is Cc1nc(CNC(=O)NC(CCC(=O)O)C(=O)O)cs1. The van der Waals surface area contributed by atoms with Crippen LogP contribution in [0.1, 0.15) is 23.5 Å². The predicted molar refractivity (Wildman–Crippen MR) is 70.5 cm³/mol. The molecule has 1 aromatic heterocycles. The number of aromatic nitrogens is 1. The Balaban J connectivity index is 2.41. The van der Waals surface area contributed by atoms with Crippen LogP contribution in [0.2, 0.25) is 0 Å². The Morgan fingerprint density at radius 1 is 1.40 bits per heavy atom. The van der Waals surface area contributed by atoms with Gasteiger partial charge >= 0.3 is 18.0 Å². The summed E-state index contributed by atoms with van der Waals surface area (Å²) in [6.45, 7) is 2.02. The number of nitrogens with one attached hydrogen (secondary N) is 2. The molecular formula is C11H15N3O5S. The lowest BCUT2D eigenvalue weighted by Gasteiger charge is -2.13. The lowest BCUT2D eigenvalue weighted by Crippen LogP contribution is -2.46. The molecule has 2 amide bonds. The van der Waals surface area contributed by atoms with Crippen LogP contribution in [-0.4, -0.2) is 39.2 Å². The first kappa shape index (κ1) is 15.9. The highest BCUT2D eigenvalue weighted by molar-refractivity contribution is 7.09. The summed E-state index contributed by atoms with van der Waals surface area (Å²) in [6, 6.07) is -1.91. The van der Waals surface area contributed by atoms with Crippen molar-refractivity contribution < 1.29 is 24.6 Å². The first-order valence-corrected chi connectivity index (χ1v) is 6.66. The predicted octanol–water partition coefficient (Wildman–Crippen LogP) is 0.569. The number of thiazole rings is 1. The Morgan fingerprint density at radius 2 is 2.10 bits per heavy atom. The highest BCUT2D eigenvalue weighted by Gasteiger charge is 2.20. The zero-order valence-corrected chi connectivity index (χ0v) is 11.6. The lowest BCUT2D eigenvalue weighted by molar-refractivity contribution is -0.140. The quantitative estimate of drug-likeness (QED) is 0.582. The monoisotopic (exact) mass is 301 g/mol. The number of aliphatic carboxylic acids is 2. The van der Waals surface area contributed by atoms with Crippen molar-refractivity contribution in [2.75, 3.05) is 0 Å². The standard InChI is InChI=1S/C11H15N3O5S/c1-6-13-7(5-20-6)4-12-11(19)14-8(10(17)18)2-3-9(15)16/h5,8H,2-4H2,1H3,(H,15,16)(H,17,18)(H2,12,14,19). The molecule has 0 saturated carbocycles. The molecule has 1 aromatic rings. The Kier molecular flexibility index (Phi) is 5.91. The van der Waals surface area contributed by atoms with Gasteiger partial charge in [-0.15, -0.1) is 11.3 Å². The minimum absolute atomic E-state index is 0.173. The summed E-state index contributed by atoms with van der Waals surface area (Å²) < 4.78 is 0. The van der Waals surface area contributed by atoms with Gasteiger partial charge < -0.3 is 20.8 Å². The molecule has 1 unspecified atom stereocenters. The van der Waals surface area contributed by atoms with Crippen molar-refractivity contribution in [3.63, 3.8) is 0 Å². The zero-order valence-electron chi connectivity index (χ0n) is 10.8. The van der Waals surface area contributed by atoms with E-state index in [1.54, 1.807) is 5.38 Å². The summed E-state index contributed by atoms with van der Waals surface area (Å²) >= 11 is 1.44. The average molecular weight is 301 g/mol. The van der Waals surface area contributed by atoms with Gasteiger partial charge in [0, 0.05) is 11.8 Å². The molecule has 9 heteroatoms. The molecule has 0 radical (unpaired) electrons. The van der Waals surface area contributed by atoms with Crippen molar-refractivity contribution >= 4 is 29.3 Å². The van der Waals surface area contributed by atoms with Gasteiger partial charge in [-0.05, 0) is 13.3 Å². The Morgan fingerprint density at radius 3 is 2.60 bits per heavy atom. The number of rotatable bonds is 7. The highest BCUT2D eigenvalue weighted by Crippen LogP contribution is 2.07. The molecule has 1 rings (SSSR count). The largest absolute Gasteiger partial charge is 0.481 e. The van der Waals surface area contributed by atoms with Crippen LogP contribution in [-0.2, 0) is 16.1 Å². The van der Waals surface area contributed by atoms with E-state index in [4.69, 9.17) is 10.2 Å². The molecule has 110 valence electrons. The number of urea groups is 1. The molecule has 4 N–H and O–H groups in total. The molecule has 0 bridgehead atoms. The van der Waals surface area contributed by atoms with Crippen molar-refractivity contribution in [3.8, 4) is 0 Å². The van der Waals surface area contributed by atoms with E-state index >= 15 is 0 Å². The third-order valence-electron chi connectivity index (χ3n) is 2.35. The van der Waals surface area contributed by atoms with E-state index in [9.17, 15) is 14.4 Å². The van der Waals surface area contributed by atoms with Crippen molar-refractivity contribution in [2.45, 2.75) is 32.4 Å². The fourth-order valence-corrected chi connectivity index (χ4v) is 2.01. The maximum absolute atomic E-state index is 11.5. The molecular weight excluding hydrogens is 286 g/mol. The van der Waals surface area contributed by atoms with Crippen LogP contribution in [0, 0.1) is 6.92 Å². The number of carbonyl (C=O) groups is 3. The second-order valence-corrected chi connectivity index (χ2v) is 5.07. The Bertz CT molecular complexity index is 502. The molecule has 0 aliphatic heterocycles. The van der Waals surface area contributed by atoms with Gasteiger partial charge in [-0.3, -0.25) is 4.79 Å². The molecule has 0 spiro atoms. The van der Waals surface area contributed by atoms with Gasteiger partial charge in [-0.1, -0.05) is 0 Å². The van der Waals surface area contributed by atoms with Gasteiger partial charge in [0.15, 0.2) is 0 Å². The second kappa shape index (κ2) is 7.43. The number of carboxylic acid groups (broad SMARTS) is 2. The molecule has 20 heavy (non-hydrogen) atoms. The van der Waals surface area contributed by atoms with Gasteiger partial charge in [-0.25, -0.2) is 14.6 Å². The van der Waals surface area contributed by atoms with Crippen LogP contribution in [0.3, 0.4) is 0 Å². The lowest BCUT2D eigenvalue weighted by atomic mass is 10.1. The third-order valence-corrected chi connectivity index (χ3v) is 3.17. The number of carbonyl (C=O) groups excluding carboxylic acids is 1. The Labute approximate surface area is 118 Å². The van der Waals surface area contributed by atoms with E-state index in [1.165, 1.54) is 11.3 Å². The summed E-state index contributed by atoms with van der Waals surface area (Å²) in [6.07, 6.45) is -0.504. The molecule has 0 aromatic carbocycles. The van der Waals surface area contributed by atoms with Crippen molar-refractivity contribution in [1.82, 2.24) is 15.6 Å². The van der Waals surface area contributed by atoms with Crippen molar-refractivity contribution in [2.24, 2.45) is 0 Å². The van der Waals surface area contributed by atoms with E-state index in [2.05, 4.69) is 15.6 Å². The fourth-order valence-electron chi connectivity index (χ4n) is 1.39. The van der Waals surface area contributed by atoms with Crippen LogP contribution in [0.25, 0.3) is 0 Å². The molecule has 8 nitrogen and oxygen atoms in total. The van der Waals surface area contributed by atoms with Gasteiger partial charge in [-0.2, -0.15) is 0 Å². The van der Waals surface area contributed by atoms with E-state index in [0.29, 0.717) is 5.69 Å². The number of hydrogen-bond acceptors (Lipinski definition) is 5. The first-order chi connectivity index (χ1) is 9.38. The van der Waals surface area contributed by atoms with Crippen LogP contribution in [0.15, 0.2) is 5.38 Å². The number of carboxylic acids is 2. The minimum atomic E-state index is -1.27. The highest BCUT2D eigenvalue weighted by atomic mass is 32.1. The number of amides is 2. The fraction of sp³-hybridized carbons (Fsp3) is 0.455. The molecule has 1 heterocycles. The smallest absolute Gasteiger partial charge is 0.326 e. The summed E-state index contributed by atoms with van der Waals surface area (Å²) in [5.74, 6) is -2.39. The molecule has 0 aliphatic carbocycles. The molecule has 0 fully saturated rings. The van der Waals surface area contributed by atoms with Crippen LogP contribution in [0.5, 0.6) is 0 Å². The summed E-state index contributed by atoms with van der Waals surface area (Å²) in [7, 11) is 0. The van der Waals surface area contributed by atoms with E-state index in [1.807, 2.05) is 6.92 Å². The summed E-state index contributed by atoms with van der Waals surface area (Å²) in [5, 5.41) is 24.7. The van der Waals surface area contributed by atoms with Gasteiger partial charge in [0.1, 0.15) is 6.04 Å². The first-order valence-electron chi connectivity index (χ1n) is 5.78. The van der Waals surface area contributed by atoms with Crippen molar-refractivity contribution in [1.29, 1.82) is 0 Å². The van der Waals surface area contributed by atoms with Crippen LogP contribution >= 0.6 is 11.3 Å². The normalized spacial score (nSPS) is 11.7. The maximum Gasteiger partial charge on any atom is 0.326 e. The van der Waals surface area contributed by atoms with Gasteiger partial charge in [0.25, 0.3) is 0 Å². The minimum Gasteiger partial charge on any atom is -0.481 e. The van der Waals surface area contributed by atoms with Gasteiger partial charge in [0.05, 0.1) is 17.2 Å². The summed E-state index contributed by atoms with van der Waals surface area (Å²) in [4.78, 5) is 36.9. The summed E-state index contributed by atoms with van der Waals surface area (Å²) in [5.41, 5.74) is 0.681. The number of nitrogens with zero attached hydrogens (tertiary/aromatic N) is 1. The average Bonchev–Trinajstić information content (AvgIpc) is 2.77. The van der Waals surface area contributed by atoms with Crippen molar-refractivity contribution in [3.05, 3.63) is 16.1 Å². The van der Waals surface area contributed by atoms with E-state index in [-0.39, 0.29) is 19.4 Å². The molecule has 1 atom stereocenters. The topological polar surface area (TPSA) is 129 Å². The van der Waals surface area contributed by atoms with E-state index in [0.717, 1.165) is 5.01 Å². The molecule has 0 aliphatic rings. The Hall–Kier alpha value is -2.16. The maximum atomic E-state index is 11.5. The van der Waals surface area contributed by atoms with Gasteiger partial charge in [0.2, 0.25) is 0 Å². The third kappa shape index (κ3) is 5.65. The zero-order chi connectivity index (χ0) is 15.1. The van der Waals surface area contributed by atoms with Crippen LogP contribution in [0.4, 0.5) is 4.79 Å². The second-order valence-electron chi connectivity index (χ2n) is 4.01. The number of aryl methyl sites for hydroxylation is 1. The van der Waals surface area contributed by atoms with E-state index < -0.39 is 24.0 Å². The molecule has 0 saturated heterocycles.